The smallest absolute Gasteiger partial charge is 0.158 e. The summed E-state index contributed by atoms with van der Waals surface area (Å²) in [6.45, 7) is 4.65. The highest BCUT2D eigenvalue weighted by Gasteiger charge is 2.35. The van der Waals surface area contributed by atoms with Crippen LogP contribution in [0.2, 0.25) is 0 Å². The van der Waals surface area contributed by atoms with Gasteiger partial charge in [-0.1, -0.05) is 92.7 Å². The molecule has 0 radical (unpaired) electrons. The predicted molar refractivity (Wildman–Crippen MR) is 146 cm³/mol. The minimum Gasteiger partial charge on any atom is -0.454 e. The summed E-state index contributed by atoms with van der Waals surface area (Å²) in [6, 6.07) is 38.8. The highest BCUT2D eigenvalue weighted by atomic mass is 16.3. The first kappa shape index (κ1) is 20.1. The SMILES string of the molecule is CC1(C)c2ccc(-c3ccccc3)cc2-c2ccc(Nc3cccc4c3oc3ccccc34)cc21. The fourth-order valence-corrected chi connectivity index (χ4v) is 5.64. The van der Waals surface area contributed by atoms with Gasteiger partial charge >= 0.3 is 0 Å². The number of benzene rings is 5. The Hall–Kier alpha value is -4.30. The molecule has 1 aliphatic carbocycles. The van der Waals surface area contributed by atoms with Crippen molar-refractivity contribution in [3.05, 3.63) is 120 Å². The first-order valence-corrected chi connectivity index (χ1v) is 12.1. The molecule has 5 aromatic carbocycles. The largest absolute Gasteiger partial charge is 0.454 e. The van der Waals surface area contributed by atoms with E-state index in [-0.39, 0.29) is 5.41 Å². The molecule has 0 fully saturated rings. The van der Waals surface area contributed by atoms with Gasteiger partial charge in [0.2, 0.25) is 0 Å². The minimum absolute atomic E-state index is 0.0665. The molecule has 0 amide bonds. The zero-order chi connectivity index (χ0) is 23.6. The Morgan fingerprint density at radius 1 is 0.600 bits per heavy atom. The van der Waals surface area contributed by atoms with Crippen molar-refractivity contribution in [2.24, 2.45) is 0 Å². The lowest BCUT2D eigenvalue weighted by atomic mass is 9.82. The van der Waals surface area contributed by atoms with E-state index in [1.807, 2.05) is 12.1 Å². The second-order valence-corrected chi connectivity index (χ2v) is 9.92. The summed E-state index contributed by atoms with van der Waals surface area (Å²) in [5.74, 6) is 0. The zero-order valence-corrected chi connectivity index (χ0v) is 19.8. The lowest BCUT2D eigenvalue weighted by molar-refractivity contribution is 0.660. The van der Waals surface area contributed by atoms with E-state index in [4.69, 9.17) is 4.42 Å². The number of para-hydroxylation sites is 2. The van der Waals surface area contributed by atoms with Crippen LogP contribution in [0.15, 0.2) is 114 Å². The summed E-state index contributed by atoms with van der Waals surface area (Å²) in [7, 11) is 0. The molecule has 0 saturated carbocycles. The van der Waals surface area contributed by atoms with Gasteiger partial charge in [-0.3, -0.25) is 0 Å². The van der Waals surface area contributed by atoms with Crippen molar-refractivity contribution in [3.8, 4) is 22.3 Å². The third-order valence-electron chi connectivity index (χ3n) is 7.47. The molecule has 35 heavy (non-hydrogen) atoms. The molecule has 0 atom stereocenters. The Balaban J connectivity index is 1.31. The number of nitrogens with one attached hydrogen (secondary N) is 1. The normalized spacial score (nSPS) is 13.7. The Morgan fingerprint density at radius 3 is 2.29 bits per heavy atom. The fourth-order valence-electron chi connectivity index (χ4n) is 5.64. The molecule has 1 N–H and O–H groups in total. The molecule has 0 spiro atoms. The first-order valence-electron chi connectivity index (χ1n) is 12.1. The molecule has 168 valence electrons. The molecule has 0 bridgehead atoms. The van der Waals surface area contributed by atoms with Crippen LogP contribution < -0.4 is 5.32 Å². The van der Waals surface area contributed by atoms with Crippen LogP contribution in [0.3, 0.4) is 0 Å². The molecule has 0 saturated heterocycles. The molecule has 1 aromatic heterocycles. The van der Waals surface area contributed by atoms with Crippen LogP contribution in [0.1, 0.15) is 25.0 Å². The van der Waals surface area contributed by atoms with E-state index < -0.39 is 0 Å². The summed E-state index contributed by atoms with van der Waals surface area (Å²) in [5.41, 5.74) is 11.7. The molecule has 0 unspecified atom stereocenters. The van der Waals surface area contributed by atoms with E-state index in [2.05, 4.69) is 116 Å². The number of hydrogen-bond donors (Lipinski definition) is 1. The van der Waals surface area contributed by atoms with Crippen LogP contribution >= 0.6 is 0 Å². The van der Waals surface area contributed by atoms with Gasteiger partial charge in [-0.05, 0) is 63.7 Å². The van der Waals surface area contributed by atoms with Gasteiger partial charge in [0.15, 0.2) is 5.58 Å². The zero-order valence-electron chi connectivity index (χ0n) is 19.8. The van der Waals surface area contributed by atoms with Gasteiger partial charge < -0.3 is 9.73 Å². The second kappa shape index (κ2) is 7.35. The molecule has 1 aliphatic rings. The van der Waals surface area contributed by atoms with E-state index in [1.165, 1.54) is 33.4 Å². The van der Waals surface area contributed by atoms with E-state index in [0.717, 1.165) is 33.3 Å². The molecule has 6 aromatic rings. The van der Waals surface area contributed by atoms with Crippen molar-refractivity contribution in [2.75, 3.05) is 5.32 Å². The topological polar surface area (TPSA) is 25.2 Å². The highest BCUT2D eigenvalue weighted by Crippen LogP contribution is 2.50. The van der Waals surface area contributed by atoms with Gasteiger partial charge in [0.05, 0.1) is 5.69 Å². The molecular formula is C33H25NO. The Morgan fingerprint density at radius 2 is 1.40 bits per heavy atom. The maximum absolute atomic E-state index is 6.23. The number of fused-ring (bicyclic) bond motifs is 6. The van der Waals surface area contributed by atoms with Gasteiger partial charge in [0, 0.05) is 21.9 Å². The van der Waals surface area contributed by atoms with Gasteiger partial charge in [0.1, 0.15) is 5.58 Å². The lowest BCUT2D eigenvalue weighted by Gasteiger charge is -2.22. The van der Waals surface area contributed by atoms with Crippen LogP contribution in [0.25, 0.3) is 44.2 Å². The van der Waals surface area contributed by atoms with Gasteiger partial charge in [-0.25, -0.2) is 0 Å². The highest BCUT2D eigenvalue weighted by molar-refractivity contribution is 6.09. The quantitative estimate of drug-likeness (QED) is 0.290. The number of anilines is 2. The van der Waals surface area contributed by atoms with Crippen molar-refractivity contribution in [1.29, 1.82) is 0 Å². The molecule has 0 aliphatic heterocycles. The second-order valence-electron chi connectivity index (χ2n) is 9.92. The molecule has 2 heteroatoms. The standard InChI is InChI=1S/C33H25NO/c1-33(2)28-18-15-22(21-9-4-3-5-10-21)19-27(28)24-17-16-23(20-29(24)33)34-30-13-8-12-26-25-11-6-7-14-31(25)35-32(26)30/h3-20,34H,1-2H3. The van der Waals surface area contributed by atoms with Crippen molar-refractivity contribution in [3.63, 3.8) is 0 Å². The van der Waals surface area contributed by atoms with Gasteiger partial charge in [-0.2, -0.15) is 0 Å². The van der Waals surface area contributed by atoms with Crippen LogP contribution in [-0.4, -0.2) is 0 Å². The van der Waals surface area contributed by atoms with Crippen LogP contribution in [0.5, 0.6) is 0 Å². The van der Waals surface area contributed by atoms with Crippen molar-refractivity contribution in [2.45, 2.75) is 19.3 Å². The summed E-state index contributed by atoms with van der Waals surface area (Å²) in [4.78, 5) is 0. The maximum Gasteiger partial charge on any atom is 0.158 e. The monoisotopic (exact) mass is 451 g/mol. The fraction of sp³-hybridized carbons (Fsp3) is 0.0909. The first-order chi connectivity index (χ1) is 17.1. The van der Waals surface area contributed by atoms with E-state index in [9.17, 15) is 0 Å². The summed E-state index contributed by atoms with van der Waals surface area (Å²) >= 11 is 0. The van der Waals surface area contributed by atoms with E-state index in [1.54, 1.807) is 0 Å². The van der Waals surface area contributed by atoms with Crippen LogP contribution in [0, 0.1) is 0 Å². The maximum atomic E-state index is 6.23. The van der Waals surface area contributed by atoms with E-state index >= 15 is 0 Å². The van der Waals surface area contributed by atoms with Crippen LogP contribution in [0.4, 0.5) is 11.4 Å². The average Bonchev–Trinajstić information content (AvgIpc) is 3.38. The number of hydrogen-bond acceptors (Lipinski definition) is 2. The van der Waals surface area contributed by atoms with Crippen LogP contribution in [-0.2, 0) is 5.41 Å². The Labute approximate surface area is 204 Å². The summed E-state index contributed by atoms with van der Waals surface area (Å²) in [5, 5.41) is 5.92. The Kier molecular flexibility index (Phi) is 4.22. The Bertz CT molecular complexity index is 1740. The predicted octanol–water partition coefficient (Wildman–Crippen LogP) is 9.30. The molecule has 7 rings (SSSR count). The van der Waals surface area contributed by atoms with Crippen molar-refractivity contribution in [1.82, 2.24) is 0 Å². The molecular weight excluding hydrogens is 426 g/mol. The number of rotatable bonds is 3. The summed E-state index contributed by atoms with van der Waals surface area (Å²) < 4.78 is 6.23. The van der Waals surface area contributed by atoms with E-state index in [0.29, 0.717) is 0 Å². The third kappa shape index (κ3) is 3.03. The van der Waals surface area contributed by atoms with Crippen molar-refractivity contribution >= 4 is 33.3 Å². The van der Waals surface area contributed by atoms with Gasteiger partial charge in [0.25, 0.3) is 0 Å². The third-order valence-corrected chi connectivity index (χ3v) is 7.47. The van der Waals surface area contributed by atoms with Crippen molar-refractivity contribution < 1.29 is 4.42 Å². The minimum atomic E-state index is -0.0665. The number of furan rings is 1. The van der Waals surface area contributed by atoms with Gasteiger partial charge in [-0.15, -0.1) is 0 Å². The summed E-state index contributed by atoms with van der Waals surface area (Å²) in [6.07, 6.45) is 0. The lowest BCUT2D eigenvalue weighted by Crippen LogP contribution is -2.15. The molecule has 1 heterocycles. The average molecular weight is 452 g/mol. The molecule has 2 nitrogen and oxygen atoms in total.